The number of aliphatic hydroxyl groups excluding tert-OH is 1. The Morgan fingerprint density at radius 3 is 2.53 bits per heavy atom. The molecule has 0 aromatic heterocycles. The van der Waals surface area contributed by atoms with E-state index in [2.05, 4.69) is 4.72 Å². The molecule has 0 rings (SSSR count). The lowest BCUT2D eigenvalue weighted by atomic mass is 10.3. The van der Waals surface area contributed by atoms with Crippen LogP contribution >= 0.6 is 0 Å². The molecule has 0 saturated heterocycles. The van der Waals surface area contributed by atoms with E-state index in [4.69, 9.17) is 5.11 Å². The number of aliphatic hydroxyl groups is 1. The van der Waals surface area contributed by atoms with Crippen molar-refractivity contribution in [3.8, 4) is 0 Å². The minimum absolute atomic E-state index is 0.274. The van der Waals surface area contributed by atoms with Crippen LogP contribution in [0.4, 0.5) is 0 Å². The fourth-order valence-corrected chi connectivity index (χ4v) is 1.97. The first-order chi connectivity index (χ1) is 6.90. The Labute approximate surface area is 92.7 Å². The zero-order valence-electron chi connectivity index (χ0n) is 9.73. The Morgan fingerprint density at radius 2 is 2.07 bits per heavy atom. The summed E-state index contributed by atoms with van der Waals surface area (Å²) in [6.45, 7) is 4.45. The smallest absolute Gasteiger partial charge is 0.279 e. The number of hydrogen-bond donors (Lipinski definition) is 2. The molecule has 6 heteroatoms. The minimum Gasteiger partial charge on any atom is -0.393 e. The molecule has 15 heavy (non-hydrogen) atoms. The highest BCUT2D eigenvalue weighted by atomic mass is 32.2. The SMILES string of the molecule is CCCCN(C)S(=O)(=O)NCCC(C)O. The lowest BCUT2D eigenvalue weighted by Crippen LogP contribution is -2.39. The predicted molar refractivity (Wildman–Crippen MR) is 60.8 cm³/mol. The van der Waals surface area contributed by atoms with Crippen LogP contribution in [0.1, 0.15) is 33.1 Å². The number of nitrogens with zero attached hydrogens (tertiary/aromatic N) is 1. The summed E-state index contributed by atoms with van der Waals surface area (Å²) in [4.78, 5) is 0. The third-order valence-corrected chi connectivity index (χ3v) is 3.66. The summed E-state index contributed by atoms with van der Waals surface area (Å²) < 4.78 is 26.8. The first kappa shape index (κ1) is 14.8. The second-order valence-electron chi connectivity index (χ2n) is 3.71. The Balaban J connectivity index is 3.95. The van der Waals surface area contributed by atoms with Crippen LogP contribution in [0.25, 0.3) is 0 Å². The molecule has 2 N–H and O–H groups in total. The molecule has 0 amide bonds. The monoisotopic (exact) mass is 238 g/mol. The van der Waals surface area contributed by atoms with E-state index in [-0.39, 0.29) is 6.54 Å². The summed E-state index contributed by atoms with van der Waals surface area (Å²) >= 11 is 0. The van der Waals surface area contributed by atoms with Crippen LogP contribution in [-0.4, -0.2) is 44.1 Å². The molecule has 0 spiro atoms. The van der Waals surface area contributed by atoms with Gasteiger partial charge in [-0.25, -0.2) is 4.72 Å². The fraction of sp³-hybridized carbons (Fsp3) is 1.00. The Bertz CT molecular complexity index is 252. The average Bonchev–Trinajstić information content (AvgIpc) is 2.13. The maximum Gasteiger partial charge on any atom is 0.279 e. The van der Waals surface area contributed by atoms with Gasteiger partial charge in [0, 0.05) is 20.1 Å². The highest BCUT2D eigenvalue weighted by Gasteiger charge is 2.15. The Morgan fingerprint density at radius 1 is 1.47 bits per heavy atom. The predicted octanol–water partition coefficient (Wildman–Crippen LogP) is 0.324. The normalized spacial score (nSPS) is 14.5. The summed E-state index contributed by atoms with van der Waals surface area (Å²) in [5.41, 5.74) is 0. The van der Waals surface area contributed by atoms with E-state index in [9.17, 15) is 8.42 Å². The lowest BCUT2D eigenvalue weighted by Gasteiger charge is -2.17. The molecule has 0 aromatic carbocycles. The number of rotatable bonds is 8. The largest absolute Gasteiger partial charge is 0.393 e. The van der Waals surface area contributed by atoms with E-state index in [1.807, 2.05) is 6.92 Å². The van der Waals surface area contributed by atoms with Gasteiger partial charge in [-0.3, -0.25) is 0 Å². The molecule has 5 nitrogen and oxygen atoms in total. The van der Waals surface area contributed by atoms with Crippen molar-refractivity contribution in [1.82, 2.24) is 9.03 Å². The van der Waals surface area contributed by atoms with Crippen molar-refractivity contribution in [1.29, 1.82) is 0 Å². The molecular formula is C9H22N2O3S. The fourth-order valence-electron chi connectivity index (χ4n) is 1.01. The first-order valence-electron chi connectivity index (χ1n) is 5.29. The van der Waals surface area contributed by atoms with Crippen molar-refractivity contribution < 1.29 is 13.5 Å². The molecule has 0 heterocycles. The van der Waals surface area contributed by atoms with E-state index in [0.717, 1.165) is 12.8 Å². The molecule has 92 valence electrons. The van der Waals surface area contributed by atoms with Crippen molar-refractivity contribution in [2.75, 3.05) is 20.1 Å². The molecule has 1 unspecified atom stereocenters. The van der Waals surface area contributed by atoms with Gasteiger partial charge >= 0.3 is 0 Å². The van der Waals surface area contributed by atoms with Gasteiger partial charge in [0.2, 0.25) is 0 Å². The summed E-state index contributed by atoms with van der Waals surface area (Å²) in [6, 6.07) is 0. The van der Waals surface area contributed by atoms with Gasteiger partial charge in [0.25, 0.3) is 10.2 Å². The standard InChI is InChI=1S/C9H22N2O3S/c1-4-5-8-11(3)15(13,14)10-7-6-9(2)12/h9-10,12H,4-8H2,1-3H3. The Kier molecular flexibility index (Phi) is 7.08. The van der Waals surface area contributed by atoms with Crippen molar-refractivity contribution in [2.45, 2.75) is 39.2 Å². The Hall–Kier alpha value is -0.170. The maximum atomic E-state index is 11.6. The van der Waals surface area contributed by atoms with Gasteiger partial charge in [-0.2, -0.15) is 12.7 Å². The molecule has 0 aromatic rings. The van der Waals surface area contributed by atoms with Crippen molar-refractivity contribution >= 4 is 10.2 Å². The molecule has 0 aliphatic rings. The molecule has 0 aliphatic heterocycles. The third kappa shape index (κ3) is 6.83. The maximum absolute atomic E-state index is 11.6. The highest BCUT2D eigenvalue weighted by molar-refractivity contribution is 7.87. The third-order valence-electron chi connectivity index (χ3n) is 2.08. The highest BCUT2D eigenvalue weighted by Crippen LogP contribution is 1.98. The number of hydrogen-bond acceptors (Lipinski definition) is 3. The summed E-state index contributed by atoms with van der Waals surface area (Å²) in [5.74, 6) is 0. The molecule has 0 radical (unpaired) electrons. The van der Waals surface area contributed by atoms with Gasteiger partial charge in [0.1, 0.15) is 0 Å². The summed E-state index contributed by atoms with van der Waals surface area (Å²) in [5, 5.41) is 8.98. The molecular weight excluding hydrogens is 216 g/mol. The van der Waals surface area contributed by atoms with Crippen LogP contribution in [0.15, 0.2) is 0 Å². The quantitative estimate of drug-likeness (QED) is 0.640. The van der Waals surface area contributed by atoms with Gasteiger partial charge in [0.15, 0.2) is 0 Å². The second-order valence-corrected chi connectivity index (χ2v) is 5.57. The van der Waals surface area contributed by atoms with Crippen LogP contribution in [0.3, 0.4) is 0 Å². The van der Waals surface area contributed by atoms with Crippen LogP contribution in [0.5, 0.6) is 0 Å². The summed E-state index contributed by atoms with van der Waals surface area (Å²) in [6.07, 6.45) is 1.77. The molecule has 0 saturated carbocycles. The minimum atomic E-state index is -3.36. The zero-order valence-corrected chi connectivity index (χ0v) is 10.5. The van der Waals surface area contributed by atoms with Crippen molar-refractivity contribution in [2.24, 2.45) is 0 Å². The lowest BCUT2D eigenvalue weighted by molar-refractivity contribution is 0.186. The van der Waals surface area contributed by atoms with E-state index < -0.39 is 16.3 Å². The van der Waals surface area contributed by atoms with Gasteiger partial charge in [-0.1, -0.05) is 13.3 Å². The number of nitrogens with one attached hydrogen (secondary N) is 1. The second kappa shape index (κ2) is 7.16. The van der Waals surface area contributed by atoms with E-state index in [1.165, 1.54) is 4.31 Å². The average molecular weight is 238 g/mol. The molecule has 0 aliphatic carbocycles. The van der Waals surface area contributed by atoms with E-state index in [0.29, 0.717) is 13.0 Å². The molecule has 1 atom stereocenters. The molecule has 0 fully saturated rings. The topological polar surface area (TPSA) is 69.6 Å². The van der Waals surface area contributed by atoms with Crippen LogP contribution in [0.2, 0.25) is 0 Å². The van der Waals surface area contributed by atoms with Gasteiger partial charge in [-0.15, -0.1) is 0 Å². The first-order valence-corrected chi connectivity index (χ1v) is 6.73. The van der Waals surface area contributed by atoms with Crippen LogP contribution in [0, 0.1) is 0 Å². The number of unbranched alkanes of at least 4 members (excludes halogenated alkanes) is 1. The van der Waals surface area contributed by atoms with Crippen LogP contribution < -0.4 is 4.72 Å². The van der Waals surface area contributed by atoms with Crippen molar-refractivity contribution in [3.05, 3.63) is 0 Å². The molecule has 0 bridgehead atoms. The van der Waals surface area contributed by atoms with E-state index >= 15 is 0 Å². The van der Waals surface area contributed by atoms with Gasteiger partial charge < -0.3 is 5.11 Å². The van der Waals surface area contributed by atoms with Crippen LogP contribution in [-0.2, 0) is 10.2 Å². The van der Waals surface area contributed by atoms with Crippen molar-refractivity contribution in [3.63, 3.8) is 0 Å². The summed E-state index contributed by atoms with van der Waals surface area (Å²) in [7, 11) is -1.80. The van der Waals surface area contributed by atoms with Gasteiger partial charge in [0.05, 0.1) is 6.10 Å². The van der Waals surface area contributed by atoms with E-state index in [1.54, 1.807) is 14.0 Å². The zero-order chi connectivity index (χ0) is 11.9. The van der Waals surface area contributed by atoms with Gasteiger partial charge in [-0.05, 0) is 19.8 Å².